The Morgan fingerprint density at radius 1 is 1.53 bits per heavy atom. The topological polar surface area (TPSA) is 41.3 Å². The molecular weight excluding hydrogens is 217 g/mol. The number of nitrogens with two attached hydrogens (primary N) is 1. The number of likely N-dealkylation sites (tertiary alicyclic amines) is 1. The third kappa shape index (κ3) is 2.88. The number of hydrogen-bond acceptors (Lipinski definition) is 3. The van der Waals surface area contributed by atoms with E-state index >= 15 is 0 Å². The minimum atomic E-state index is -0.242. The second-order valence-corrected chi connectivity index (χ2v) is 4.99. The number of hydrogen-bond donors (Lipinski definition) is 2. The normalized spacial score (nSPS) is 20.8. The van der Waals surface area contributed by atoms with Crippen molar-refractivity contribution in [3.63, 3.8) is 0 Å². The van der Waals surface area contributed by atoms with Crippen molar-refractivity contribution in [1.82, 2.24) is 4.90 Å². The van der Waals surface area contributed by atoms with Crippen LogP contribution in [0.3, 0.4) is 0 Å². The summed E-state index contributed by atoms with van der Waals surface area (Å²) in [7, 11) is 2.14. The van der Waals surface area contributed by atoms with E-state index in [0.29, 0.717) is 17.2 Å². The fourth-order valence-electron chi connectivity index (χ4n) is 2.30. The minimum Gasteiger partial charge on any atom is -0.397 e. The number of rotatable bonds is 3. The predicted octanol–water partition coefficient (Wildman–Crippen LogP) is 2.08. The molecule has 0 saturated carbocycles. The van der Waals surface area contributed by atoms with Crippen molar-refractivity contribution in [1.29, 1.82) is 0 Å². The van der Waals surface area contributed by atoms with Gasteiger partial charge in [-0.1, -0.05) is 0 Å². The van der Waals surface area contributed by atoms with Gasteiger partial charge in [0.15, 0.2) is 0 Å². The van der Waals surface area contributed by atoms with E-state index in [4.69, 9.17) is 5.73 Å². The molecule has 1 aliphatic heterocycles. The molecule has 94 valence electrons. The van der Waals surface area contributed by atoms with Gasteiger partial charge in [-0.3, -0.25) is 0 Å². The Kier molecular flexibility index (Phi) is 3.52. The summed E-state index contributed by atoms with van der Waals surface area (Å²) in [4.78, 5) is 2.33. The average Bonchev–Trinajstić information content (AvgIpc) is 2.68. The molecule has 1 aromatic rings. The largest absolute Gasteiger partial charge is 0.397 e. The van der Waals surface area contributed by atoms with Crippen molar-refractivity contribution in [3.05, 3.63) is 23.5 Å². The van der Waals surface area contributed by atoms with Crippen molar-refractivity contribution >= 4 is 11.4 Å². The molecule has 1 heterocycles. The van der Waals surface area contributed by atoms with Crippen LogP contribution < -0.4 is 11.1 Å². The molecule has 0 radical (unpaired) electrons. The van der Waals surface area contributed by atoms with E-state index in [0.717, 1.165) is 25.3 Å². The first kappa shape index (κ1) is 12.2. The maximum absolute atomic E-state index is 13.2. The van der Waals surface area contributed by atoms with Crippen LogP contribution in [0.1, 0.15) is 12.0 Å². The van der Waals surface area contributed by atoms with Crippen LogP contribution in [0.15, 0.2) is 12.1 Å². The van der Waals surface area contributed by atoms with Crippen LogP contribution >= 0.6 is 0 Å². The molecule has 17 heavy (non-hydrogen) atoms. The molecule has 0 bridgehead atoms. The van der Waals surface area contributed by atoms with Gasteiger partial charge in [-0.2, -0.15) is 0 Å². The van der Waals surface area contributed by atoms with Crippen LogP contribution in [-0.4, -0.2) is 31.6 Å². The smallest absolute Gasteiger partial charge is 0.128 e. The number of nitrogen functional groups attached to an aromatic ring is 1. The highest BCUT2D eigenvalue weighted by Crippen LogP contribution is 2.23. The molecule has 2 rings (SSSR count). The highest BCUT2D eigenvalue weighted by molar-refractivity contribution is 5.67. The first-order valence-electron chi connectivity index (χ1n) is 6.04. The van der Waals surface area contributed by atoms with Crippen LogP contribution in [-0.2, 0) is 0 Å². The summed E-state index contributed by atoms with van der Waals surface area (Å²) < 4.78 is 13.2. The van der Waals surface area contributed by atoms with E-state index in [9.17, 15) is 4.39 Å². The molecule has 0 aromatic heterocycles. The molecule has 0 aliphatic carbocycles. The zero-order valence-corrected chi connectivity index (χ0v) is 10.5. The lowest BCUT2D eigenvalue weighted by atomic mass is 10.1. The predicted molar refractivity (Wildman–Crippen MR) is 69.6 cm³/mol. The Morgan fingerprint density at radius 3 is 2.94 bits per heavy atom. The molecule has 0 amide bonds. The summed E-state index contributed by atoms with van der Waals surface area (Å²) in [5, 5.41) is 3.33. The van der Waals surface area contributed by atoms with Gasteiger partial charge < -0.3 is 16.0 Å². The third-order valence-electron chi connectivity index (χ3n) is 3.40. The van der Waals surface area contributed by atoms with Gasteiger partial charge in [-0.25, -0.2) is 4.39 Å². The summed E-state index contributed by atoms with van der Waals surface area (Å²) in [6.45, 7) is 4.93. The van der Waals surface area contributed by atoms with Crippen molar-refractivity contribution < 1.29 is 4.39 Å². The lowest BCUT2D eigenvalue weighted by Crippen LogP contribution is -2.19. The number of nitrogens with zero attached hydrogens (tertiary/aromatic N) is 1. The van der Waals surface area contributed by atoms with Crippen LogP contribution in [0, 0.1) is 18.7 Å². The van der Waals surface area contributed by atoms with Gasteiger partial charge in [0.2, 0.25) is 0 Å². The SMILES string of the molecule is Cc1cc(NCC2CCN(C)C2)c(N)cc1F. The lowest BCUT2D eigenvalue weighted by molar-refractivity contribution is 0.399. The summed E-state index contributed by atoms with van der Waals surface area (Å²) in [5.41, 5.74) is 7.75. The number of benzene rings is 1. The van der Waals surface area contributed by atoms with E-state index in [2.05, 4.69) is 17.3 Å². The quantitative estimate of drug-likeness (QED) is 0.791. The van der Waals surface area contributed by atoms with E-state index in [1.165, 1.54) is 12.5 Å². The molecule has 3 N–H and O–H groups in total. The monoisotopic (exact) mass is 237 g/mol. The summed E-state index contributed by atoms with van der Waals surface area (Å²) >= 11 is 0. The van der Waals surface area contributed by atoms with Gasteiger partial charge in [-0.15, -0.1) is 0 Å². The molecular formula is C13H20FN3. The summed E-state index contributed by atoms with van der Waals surface area (Å²) in [6, 6.07) is 3.17. The molecule has 3 nitrogen and oxygen atoms in total. The highest BCUT2D eigenvalue weighted by Gasteiger charge is 2.19. The van der Waals surface area contributed by atoms with Gasteiger partial charge in [0.1, 0.15) is 5.82 Å². The molecule has 1 unspecified atom stereocenters. The summed E-state index contributed by atoms with van der Waals surface area (Å²) in [5.74, 6) is 0.415. The maximum atomic E-state index is 13.2. The Morgan fingerprint density at radius 2 is 2.29 bits per heavy atom. The number of nitrogens with one attached hydrogen (secondary N) is 1. The van der Waals surface area contributed by atoms with Gasteiger partial charge in [0.05, 0.1) is 11.4 Å². The van der Waals surface area contributed by atoms with E-state index in [-0.39, 0.29) is 5.82 Å². The Bertz CT molecular complexity index is 406. The van der Waals surface area contributed by atoms with E-state index in [1.54, 1.807) is 13.0 Å². The van der Waals surface area contributed by atoms with E-state index < -0.39 is 0 Å². The van der Waals surface area contributed by atoms with Crippen LogP contribution in [0.25, 0.3) is 0 Å². The standard InChI is InChI=1S/C13H20FN3/c1-9-5-13(12(15)6-11(9)14)16-7-10-3-4-17(2)8-10/h5-6,10,16H,3-4,7-8,15H2,1-2H3. The Hall–Kier alpha value is -1.29. The Balaban J connectivity index is 1.97. The van der Waals surface area contributed by atoms with E-state index in [1.807, 2.05) is 0 Å². The van der Waals surface area contributed by atoms with Crippen molar-refractivity contribution in [2.24, 2.45) is 5.92 Å². The molecule has 1 aromatic carbocycles. The summed E-state index contributed by atoms with van der Waals surface area (Å²) in [6.07, 6.45) is 1.21. The molecule has 1 fully saturated rings. The zero-order valence-electron chi connectivity index (χ0n) is 10.5. The van der Waals surface area contributed by atoms with Crippen molar-refractivity contribution in [2.45, 2.75) is 13.3 Å². The third-order valence-corrected chi connectivity index (χ3v) is 3.40. The lowest BCUT2D eigenvalue weighted by Gasteiger charge is -2.15. The van der Waals surface area contributed by atoms with Gasteiger partial charge in [0, 0.05) is 13.1 Å². The van der Waals surface area contributed by atoms with Gasteiger partial charge in [-0.05, 0) is 50.6 Å². The van der Waals surface area contributed by atoms with Crippen molar-refractivity contribution in [3.8, 4) is 0 Å². The van der Waals surface area contributed by atoms with Gasteiger partial charge >= 0.3 is 0 Å². The Labute approximate surface area is 102 Å². The van der Waals surface area contributed by atoms with Crippen LogP contribution in [0.4, 0.5) is 15.8 Å². The van der Waals surface area contributed by atoms with Crippen molar-refractivity contribution in [2.75, 3.05) is 37.7 Å². The molecule has 0 spiro atoms. The fraction of sp³-hybridized carbons (Fsp3) is 0.538. The first-order valence-corrected chi connectivity index (χ1v) is 6.04. The number of aryl methyl sites for hydroxylation is 1. The molecule has 1 atom stereocenters. The maximum Gasteiger partial charge on any atom is 0.128 e. The zero-order chi connectivity index (χ0) is 12.4. The second kappa shape index (κ2) is 4.92. The second-order valence-electron chi connectivity index (χ2n) is 4.99. The minimum absolute atomic E-state index is 0.242. The molecule has 1 aliphatic rings. The highest BCUT2D eigenvalue weighted by atomic mass is 19.1. The van der Waals surface area contributed by atoms with Crippen LogP contribution in [0.5, 0.6) is 0 Å². The van der Waals surface area contributed by atoms with Crippen LogP contribution in [0.2, 0.25) is 0 Å². The van der Waals surface area contributed by atoms with Gasteiger partial charge in [0.25, 0.3) is 0 Å². The molecule has 4 heteroatoms. The number of halogens is 1. The number of anilines is 2. The fourth-order valence-corrected chi connectivity index (χ4v) is 2.30. The first-order chi connectivity index (χ1) is 8.06. The molecule has 1 saturated heterocycles. The average molecular weight is 237 g/mol.